The molecule has 0 aromatic carbocycles. The molecule has 164 valence electrons. The van der Waals surface area contributed by atoms with Crippen LogP contribution in [0.2, 0.25) is 0 Å². The Labute approximate surface area is 187 Å². The zero-order chi connectivity index (χ0) is 22.1. The molecule has 7 nitrogen and oxygen atoms in total. The molecule has 0 atom stereocenters. The Morgan fingerprint density at radius 3 is 2.55 bits per heavy atom. The first kappa shape index (κ1) is 21.6. The van der Waals surface area contributed by atoms with Crippen LogP contribution in [0.4, 0.5) is 0 Å². The van der Waals surface area contributed by atoms with Crippen molar-refractivity contribution in [3.05, 3.63) is 45.7 Å². The molecular weight excluding hydrogens is 408 g/mol. The summed E-state index contributed by atoms with van der Waals surface area (Å²) in [5.41, 5.74) is 4.55. The maximum Gasteiger partial charge on any atom is 0.257 e. The summed E-state index contributed by atoms with van der Waals surface area (Å²) in [6, 6.07) is 1.95. The first-order chi connectivity index (χ1) is 14.9. The summed E-state index contributed by atoms with van der Waals surface area (Å²) in [5, 5.41) is 5.73. The Balaban J connectivity index is 1.46. The zero-order valence-electron chi connectivity index (χ0n) is 19.0. The summed E-state index contributed by atoms with van der Waals surface area (Å²) >= 11 is 1.73. The molecule has 0 bridgehead atoms. The molecule has 0 aliphatic carbocycles. The van der Waals surface area contributed by atoms with Crippen LogP contribution in [0.1, 0.15) is 70.4 Å². The molecule has 1 aliphatic heterocycles. The normalized spacial score (nSPS) is 14.9. The van der Waals surface area contributed by atoms with Crippen LogP contribution in [0.3, 0.4) is 0 Å². The molecule has 8 heteroatoms. The van der Waals surface area contributed by atoms with E-state index in [9.17, 15) is 4.79 Å². The Morgan fingerprint density at radius 1 is 1.13 bits per heavy atom. The van der Waals surface area contributed by atoms with Crippen LogP contribution < -0.4 is 0 Å². The van der Waals surface area contributed by atoms with E-state index in [-0.39, 0.29) is 5.91 Å². The summed E-state index contributed by atoms with van der Waals surface area (Å²) in [7, 11) is 0. The lowest BCUT2D eigenvalue weighted by Crippen LogP contribution is -2.38. The largest absolute Gasteiger partial charge is 0.338 e. The van der Waals surface area contributed by atoms with E-state index in [1.165, 1.54) is 0 Å². The number of hydrogen-bond acceptors (Lipinski definition) is 6. The molecule has 1 fully saturated rings. The molecule has 0 radical (unpaired) electrons. The van der Waals surface area contributed by atoms with Crippen LogP contribution >= 0.6 is 11.3 Å². The maximum absolute atomic E-state index is 13.2. The third-order valence-electron chi connectivity index (χ3n) is 5.98. The predicted octanol–water partition coefficient (Wildman–Crippen LogP) is 4.46. The Morgan fingerprint density at radius 2 is 1.87 bits per heavy atom. The van der Waals surface area contributed by atoms with Crippen molar-refractivity contribution in [2.75, 3.05) is 13.1 Å². The fourth-order valence-corrected chi connectivity index (χ4v) is 5.54. The second kappa shape index (κ2) is 8.86. The Hall–Kier alpha value is -2.61. The summed E-state index contributed by atoms with van der Waals surface area (Å²) in [5.74, 6) is 1.27. The van der Waals surface area contributed by atoms with Gasteiger partial charge in [0.25, 0.3) is 5.91 Å². The lowest BCUT2D eigenvalue weighted by molar-refractivity contribution is 0.0711. The van der Waals surface area contributed by atoms with Crippen molar-refractivity contribution in [3.63, 3.8) is 0 Å². The number of likely N-dealkylation sites (tertiary alicyclic amines) is 1. The molecule has 4 rings (SSSR count). The van der Waals surface area contributed by atoms with Crippen molar-refractivity contribution < 1.29 is 4.79 Å². The fraction of sp³-hybridized carbons (Fsp3) is 0.522. The summed E-state index contributed by atoms with van der Waals surface area (Å²) in [6.07, 6.45) is 4.67. The smallest absolute Gasteiger partial charge is 0.257 e. The van der Waals surface area contributed by atoms with Crippen LogP contribution in [0, 0.1) is 27.7 Å². The molecule has 3 aromatic rings. The lowest BCUT2D eigenvalue weighted by Gasteiger charge is -2.31. The number of piperidine rings is 1. The van der Waals surface area contributed by atoms with Gasteiger partial charge in [-0.05, 0) is 53.0 Å². The standard InChI is InChI=1S/C23H30N6OS/c1-6-11-29-16(4)20(14(2)27-29)23(30)28-12-8-18(9-13-28)22-25-15(3)21(31-22)19-7-10-24-17(5)26-19/h7,10,18H,6,8-9,11-13H2,1-5H3. The number of carbonyl (C=O) groups excluding carboxylic acids is 1. The second-order valence-electron chi connectivity index (χ2n) is 8.29. The van der Waals surface area contributed by atoms with Gasteiger partial charge in [-0.3, -0.25) is 9.48 Å². The van der Waals surface area contributed by atoms with Crippen LogP contribution in [-0.2, 0) is 6.54 Å². The lowest BCUT2D eigenvalue weighted by atomic mass is 9.97. The highest BCUT2D eigenvalue weighted by Crippen LogP contribution is 2.37. The number of carbonyl (C=O) groups is 1. The van der Waals surface area contributed by atoms with Crippen molar-refractivity contribution in [3.8, 4) is 10.6 Å². The molecule has 0 spiro atoms. The van der Waals surface area contributed by atoms with Crippen LogP contribution in [-0.4, -0.2) is 48.6 Å². The van der Waals surface area contributed by atoms with Crippen molar-refractivity contribution in [1.29, 1.82) is 0 Å². The molecule has 1 amide bonds. The Kier molecular flexibility index (Phi) is 6.18. The van der Waals surface area contributed by atoms with E-state index < -0.39 is 0 Å². The minimum Gasteiger partial charge on any atom is -0.338 e. The second-order valence-corrected chi connectivity index (χ2v) is 9.32. The van der Waals surface area contributed by atoms with E-state index in [1.54, 1.807) is 17.5 Å². The van der Waals surface area contributed by atoms with Crippen molar-refractivity contribution >= 4 is 17.2 Å². The van der Waals surface area contributed by atoms with Gasteiger partial charge in [-0.1, -0.05) is 6.92 Å². The monoisotopic (exact) mass is 438 g/mol. The Bertz CT molecular complexity index is 1090. The van der Waals surface area contributed by atoms with Crippen molar-refractivity contribution in [2.24, 2.45) is 0 Å². The predicted molar refractivity (Wildman–Crippen MR) is 122 cm³/mol. The van der Waals surface area contributed by atoms with Crippen molar-refractivity contribution in [2.45, 2.75) is 66.3 Å². The number of nitrogens with zero attached hydrogens (tertiary/aromatic N) is 6. The van der Waals surface area contributed by atoms with Crippen molar-refractivity contribution in [1.82, 2.24) is 29.6 Å². The summed E-state index contributed by atoms with van der Waals surface area (Å²) in [4.78, 5) is 29.9. The third kappa shape index (κ3) is 4.26. The van der Waals surface area contributed by atoms with E-state index in [4.69, 9.17) is 4.98 Å². The van der Waals surface area contributed by atoms with Gasteiger partial charge in [-0.15, -0.1) is 11.3 Å². The van der Waals surface area contributed by atoms with E-state index >= 15 is 0 Å². The molecule has 1 aliphatic rings. The van der Waals surface area contributed by atoms with Gasteiger partial charge >= 0.3 is 0 Å². The fourth-order valence-electron chi connectivity index (χ4n) is 4.34. The van der Waals surface area contributed by atoms with Gasteiger partial charge < -0.3 is 4.90 Å². The first-order valence-corrected chi connectivity index (χ1v) is 11.8. The SMILES string of the molecule is CCCn1nc(C)c(C(=O)N2CCC(c3nc(C)c(-c4ccnc(C)n4)s3)CC2)c1C. The topological polar surface area (TPSA) is 76.8 Å². The molecule has 0 saturated carbocycles. The zero-order valence-corrected chi connectivity index (χ0v) is 19.8. The molecule has 3 aromatic heterocycles. The highest BCUT2D eigenvalue weighted by atomic mass is 32.1. The minimum atomic E-state index is 0.114. The first-order valence-electron chi connectivity index (χ1n) is 11.0. The van der Waals surface area contributed by atoms with Gasteiger partial charge in [0.05, 0.1) is 32.5 Å². The number of aromatic nitrogens is 5. The minimum absolute atomic E-state index is 0.114. The van der Waals surface area contributed by atoms with E-state index in [1.807, 2.05) is 43.3 Å². The number of rotatable bonds is 5. The number of aryl methyl sites for hydroxylation is 4. The van der Waals surface area contributed by atoms with Crippen LogP contribution in [0.25, 0.3) is 10.6 Å². The molecule has 4 heterocycles. The number of thiazole rings is 1. The van der Waals surface area contributed by atoms with E-state index in [0.29, 0.717) is 5.92 Å². The van der Waals surface area contributed by atoms with Crippen LogP contribution in [0.5, 0.6) is 0 Å². The van der Waals surface area contributed by atoms with Gasteiger partial charge in [-0.2, -0.15) is 5.10 Å². The van der Waals surface area contributed by atoms with E-state index in [2.05, 4.69) is 22.0 Å². The average molecular weight is 439 g/mol. The number of amides is 1. The van der Waals surface area contributed by atoms with Gasteiger partial charge in [0.1, 0.15) is 5.82 Å². The van der Waals surface area contributed by atoms with E-state index in [0.717, 1.165) is 82.9 Å². The summed E-state index contributed by atoms with van der Waals surface area (Å²) < 4.78 is 1.96. The van der Waals surface area contributed by atoms with Gasteiger partial charge in [-0.25, -0.2) is 15.0 Å². The molecule has 31 heavy (non-hydrogen) atoms. The van der Waals surface area contributed by atoms with Crippen LogP contribution in [0.15, 0.2) is 12.3 Å². The maximum atomic E-state index is 13.2. The van der Waals surface area contributed by atoms with Gasteiger partial charge in [0.2, 0.25) is 0 Å². The van der Waals surface area contributed by atoms with Gasteiger partial charge in [0, 0.05) is 37.4 Å². The molecule has 0 N–H and O–H groups in total. The molecule has 0 unspecified atom stereocenters. The summed E-state index contributed by atoms with van der Waals surface area (Å²) in [6.45, 7) is 12.4. The average Bonchev–Trinajstić information content (AvgIpc) is 3.27. The molecular formula is C23H30N6OS. The molecule has 1 saturated heterocycles. The highest BCUT2D eigenvalue weighted by Gasteiger charge is 2.30. The quantitative estimate of drug-likeness (QED) is 0.588. The number of hydrogen-bond donors (Lipinski definition) is 0. The highest BCUT2D eigenvalue weighted by molar-refractivity contribution is 7.15. The third-order valence-corrected chi connectivity index (χ3v) is 7.33. The van der Waals surface area contributed by atoms with Gasteiger partial charge in [0.15, 0.2) is 0 Å².